The van der Waals surface area contributed by atoms with Crippen molar-refractivity contribution >= 4 is 20.9 Å². The van der Waals surface area contributed by atoms with E-state index in [1.807, 2.05) is 37.3 Å². The first kappa shape index (κ1) is 13.1. The summed E-state index contributed by atoms with van der Waals surface area (Å²) in [6.07, 6.45) is 1.10. The molecule has 0 aromatic heterocycles. The molecule has 0 atom stereocenters. The fourth-order valence-corrected chi connectivity index (χ4v) is 2.72. The average molecular weight is 264 g/mol. The van der Waals surface area contributed by atoms with Gasteiger partial charge in [0.15, 0.2) is 0 Å². The molecule has 0 unspecified atom stereocenters. The van der Waals surface area contributed by atoms with Gasteiger partial charge in [0.2, 0.25) is 0 Å². The maximum atomic E-state index is 10.7. The maximum absolute atomic E-state index is 10.7. The molecule has 0 heterocycles. The van der Waals surface area contributed by atoms with Crippen LogP contribution >= 0.6 is 0 Å². The molecule has 0 amide bonds. The fourth-order valence-electron chi connectivity index (χ4n) is 2.21. The van der Waals surface area contributed by atoms with Gasteiger partial charge >= 0.3 is 0 Å². The summed E-state index contributed by atoms with van der Waals surface area (Å²) in [5, 5.41) is 2.32. The minimum absolute atomic E-state index is 0.185. The van der Waals surface area contributed by atoms with E-state index >= 15 is 0 Å². The monoisotopic (exact) mass is 264 g/mol. The van der Waals surface area contributed by atoms with Gasteiger partial charge in [-0.25, -0.2) is 0 Å². The third-order valence-electron chi connectivity index (χ3n) is 3.10. The van der Waals surface area contributed by atoms with Crippen LogP contribution in [-0.2, 0) is 16.5 Å². The van der Waals surface area contributed by atoms with Crippen LogP contribution in [0.4, 0.5) is 0 Å². The second kappa shape index (κ2) is 5.08. The molecule has 0 saturated heterocycles. The first-order valence-corrected chi connectivity index (χ1v) is 7.51. The van der Waals surface area contributed by atoms with E-state index in [-0.39, 0.29) is 5.75 Å². The number of aryl methyl sites for hydroxylation is 2. The van der Waals surface area contributed by atoms with Crippen molar-refractivity contribution in [1.82, 2.24) is 0 Å². The minimum Gasteiger partial charge on any atom is -0.286 e. The molecule has 0 spiro atoms. The average Bonchev–Trinajstić information content (AvgIpc) is 2.31. The zero-order valence-corrected chi connectivity index (χ0v) is 11.1. The Labute approximate surface area is 107 Å². The largest absolute Gasteiger partial charge is 0.286 e. The van der Waals surface area contributed by atoms with Crippen LogP contribution in [0, 0.1) is 6.92 Å². The molecule has 0 radical (unpaired) electrons. The molecule has 2 aromatic rings. The molecular weight excluding hydrogens is 248 g/mol. The number of fused-ring (bicyclic) bond motifs is 1. The van der Waals surface area contributed by atoms with E-state index < -0.39 is 10.1 Å². The lowest BCUT2D eigenvalue weighted by molar-refractivity contribution is 0.481. The normalized spacial score (nSPS) is 11.9. The van der Waals surface area contributed by atoms with E-state index in [2.05, 4.69) is 6.07 Å². The van der Waals surface area contributed by atoms with E-state index in [1.54, 1.807) is 0 Å². The minimum atomic E-state index is -3.86. The van der Waals surface area contributed by atoms with Gasteiger partial charge < -0.3 is 0 Å². The van der Waals surface area contributed by atoms with Gasteiger partial charge in [0, 0.05) is 0 Å². The number of hydrogen-bond donors (Lipinski definition) is 1. The summed E-state index contributed by atoms with van der Waals surface area (Å²) in [5.41, 5.74) is 2.32. The van der Waals surface area contributed by atoms with Crippen molar-refractivity contribution < 1.29 is 13.0 Å². The van der Waals surface area contributed by atoms with Crippen LogP contribution in [0.1, 0.15) is 17.5 Å². The second-order valence-electron chi connectivity index (χ2n) is 4.47. The predicted octanol–water partition coefficient (Wildman–Crippen LogP) is 2.97. The summed E-state index contributed by atoms with van der Waals surface area (Å²) < 4.78 is 30.2. The van der Waals surface area contributed by atoms with Crippen molar-refractivity contribution in [2.45, 2.75) is 19.8 Å². The Morgan fingerprint density at radius 3 is 2.56 bits per heavy atom. The molecular formula is C14H16O3S. The van der Waals surface area contributed by atoms with Crippen LogP contribution in [0.2, 0.25) is 0 Å². The summed E-state index contributed by atoms with van der Waals surface area (Å²) in [7, 11) is -3.86. The Hall–Kier alpha value is -1.39. The van der Waals surface area contributed by atoms with Gasteiger partial charge in [0.05, 0.1) is 5.75 Å². The summed E-state index contributed by atoms with van der Waals surface area (Å²) in [6.45, 7) is 2.02. The first-order chi connectivity index (χ1) is 8.47. The summed E-state index contributed by atoms with van der Waals surface area (Å²) >= 11 is 0. The molecule has 2 aromatic carbocycles. The number of hydrogen-bond acceptors (Lipinski definition) is 2. The SMILES string of the molecule is Cc1ccc2ccccc2c1CCCS(=O)(=O)O. The lowest BCUT2D eigenvalue weighted by Gasteiger charge is -2.09. The van der Waals surface area contributed by atoms with Gasteiger partial charge in [-0.1, -0.05) is 36.4 Å². The molecule has 0 aliphatic rings. The van der Waals surface area contributed by atoms with Gasteiger partial charge in [-0.2, -0.15) is 8.42 Å². The molecule has 3 nitrogen and oxygen atoms in total. The van der Waals surface area contributed by atoms with Crippen molar-refractivity contribution in [2.75, 3.05) is 5.75 Å². The van der Waals surface area contributed by atoms with Crippen LogP contribution < -0.4 is 0 Å². The third kappa shape index (κ3) is 3.09. The highest BCUT2D eigenvalue weighted by molar-refractivity contribution is 7.85. The van der Waals surface area contributed by atoms with Crippen molar-refractivity contribution in [3.8, 4) is 0 Å². The van der Waals surface area contributed by atoms with E-state index in [4.69, 9.17) is 4.55 Å². The van der Waals surface area contributed by atoms with Crippen molar-refractivity contribution in [1.29, 1.82) is 0 Å². The van der Waals surface area contributed by atoms with Crippen LogP contribution in [0.3, 0.4) is 0 Å². The zero-order valence-electron chi connectivity index (χ0n) is 10.3. The molecule has 96 valence electrons. The first-order valence-electron chi connectivity index (χ1n) is 5.90. The molecule has 0 aliphatic heterocycles. The predicted molar refractivity (Wildman–Crippen MR) is 73.4 cm³/mol. The highest BCUT2D eigenvalue weighted by Gasteiger charge is 2.08. The molecule has 0 saturated carbocycles. The number of benzene rings is 2. The van der Waals surface area contributed by atoms with Crippen molar-refractivity contribution in [3.63, 3.8) is 0 Å². The summed E-state index contributed by atoms with van der Waals surface area (Å²) in [5.74, 6) is -0.185. The molecule has 0 bridgehead atoms. The standard InChI is InChI=1S/C14H16O3S/c1-11-8-9-12-5-2-3-6-14(12)13(11)7-4-10-18(15,16)17/h2-3,5-6,8-9H,4,7,10H2,1H3,(H,15,16,17). The quantitative estimate of drug-likeness (QED) is 0.864. The highest BCUT2D eigenvalue weighted by atomic mass is 32.2. The lowest BCUT2D eigenvalue weighted by atomic mass is 9.97. The Morgan fingerprint density at radius 2 is 1.83 bits per heavy atom. The van der Waals surface area contributed by atoms with E-state index in [1.165, 1.54) is 0 Å². The van der Waals surface area contributed by atoms with E-state index in [0.717, 1.165) is 21.9 Å². The smallest absolute Gasteiger partial charge is 0.264 e. The lowest BCUT2D eigenvalue weighted by Crippen LogP contribution is -2.05. The zero-order chi connectivity index (χ0) is 13.2. The van der Waals surface area contributed by atoms with Crippen LogP contribution in [-0.4, -0.2) is 18.7 Å². The van der Waals surface area contributed by atoms with Crippen molar-refractivity contribution in [3.05, 3.63) is 47.5 Å². The molecule has 0 fully saturated rings. The topological polar surface area (TPSA) is 54.4 Å². The number of rotatable bonds is 4. The molecule has 2 rings (SSSR count). The Morgan fingerprint density at radius 1 is 1.11 bits per heavy atom. The molecule has 0 aliphatic carbocycles. The Bertz CT molecular complexity index is 660. The van der Waals surface area contributed by atoms with Crippen molar-refractivity contribution in [2.24, 2.45) is 0 Å². The fraction of sp³-hybridized carbons (Fsp3) is 0.286. The van der Waals surface area contributed by atoms with Gasteiger partial charge in [0.25, 0.3) is 10.1 Å². The highest BCUT2D eigenvalue weighted by Crippen LogP contribution is 2.23. The Kier molecular flexibility index (Phi) is 3.68. The second-order valence-corrected chi connectivity index (χ2v) is 6.04. The third-order valence-corrected chi connectivity index (χ3v) is 3.91. The van der Waals surface area contributed by atoms with E-state index in [9.17, 15) is 8.42 Å². The summed E-state index contributed by atoms with van der Waals surface area (Å²) in [4.78, 5) is 0. The molecule has 18 heavy (non-hydrogen) atoms. The van der Waals surface area contributed by atoms with Crippen LogP contribution in [0.5, 0.6) is 0 Å². The summed E-state index contributed by atoms with van der Waals surface area (Å²) in [6, 6.07) is 12.2. The van der Waals surface area contributed by atoms with Gasteiger partial charge in [-0.15, -0.1) is 0 Å². The van der Waals surface area contributed by atoms with Gasteiger partial charge in [-0.3, -0.25) is 4.55 Å². The maximum Gasteiger partial charge on any atom is 0.264 e. The van der Waals surface area contributed by atoms with Crippen LogP contribution in [0.25, 0.3) is 10.8 Å². The Balaban J connectivity index is 2.29. The van der Waals surface area contributed by atoms with Crippen LogP contribution in [0.15, 0.2) is 36.4 Å². The molecule has 4 heteroatoms. The molecule has 1 N–H and O–H groups in total. The van der Waals surface area contributed by atoms with Gasteiger partial charge in [0.1, 0.15) is 0 Å². The van der Waals surface area contributed by atoms with Gasteiger partial charge in [-0.05, 0) is 41.7 Å². The van der Waals surface area contributed by atoms with E-state index in [0.29, 0.717) is 12.8 Å².